The number of pyridine rings is 1. The summed E-state index contributed by atoms with van der Waals surface area (Å²) in [5.74, 6) is -2.78. The number of carboxylic acid groups (broad SMARTS) is 1. The summed E-state index contributed by atoms with van der Waals surface area (Å²) >= 11 is 0. The number of carbonyl (C=O) groups is 2. The second-order valence-electron chi connectivity index (χ2n) is 8.51. The highest BCUT2D eigenvalue weighted by molar-refractivity contribution is 6.02. The number of carboxylic acids is 1. The summed E-state index contributed by atoms with van der Waals surface area (Å²) < 4.78 is 31.7. The first-order valence-corrected chi connectivity index (χ1v) is 11.9. The number of alkyl halides is 3. The van der Waals surface area contributed by atoms with Crippen molar-refractivity contribution in [3.63, 3.8) is 0 Å². The Morgan fingerprint density at radius 3 is 2.33 bits per heavy atom. The lowest BCUT2D eigenvalue weighted by Gasteiger charge is -2.11. The predicted octanol–water partition coefficient (Wildman–Crippen LogP) is 5.05. The van der Waals surface area contributed by atoms with Crippen molar-refractivity contribution in [3.8, 4) is 11.3 Å². The number of fused-ring (bicyclic) bond motifs is 1. The van der Waals surface area contributed by atoms with Crippen LogP contribution in [0, 0.1) is 0 Å². The molecule has 0 radical (unpaired) electrons. The Morgan fingerprint density at radius 1 is 1.03 bits per heavy atom. The van der Waals surface area contributed by atoms with Crippen molar-refractivity contribution in [2.75, 3.05) is 12.0 Å². The summed E-state index contributed by atoms with van der Waals surface area (Å²) in [6.45, 7) is 0.659. The fraction of sp³-hybridized carbons (Fsp3) is 0.143. The first kappa shape index (κ1) is 27.1. The van der Waals surface area contributed by atoms with E-state index in [-0.39, 0.29) is 5.91 Å². The summed E-state index contributed by atoms with van der Waals surface area (Å²) in [5.41, 5.74) is 10.4. The number of hydrogen-bond acceptors (Lipinski definition) is 5. The fourth-order valence-corrected chi connectivity index (χ4v) is 3.83. The van der Waals surface area contributed by atoms with Crippen molar-refractivity contribution in [1.82, 2.24) is 15.3 Å². The predicted molar refractivity (Wildman–Crippen MR) is 140 cm³/mol. The van der Waals surface area contributed by atoms with Gasteiger partial charge in [-0.2, -0.15) is 18.3 Å². The number of amides is 1. The number of nitrogens with one attached hydrogen (secondary N) is 3. The first-order chi connectivity index (χ1) is 18.7. The Balaban J connectivity index is 0.000000448. The number of para-hydroxylation sites is 1. The van der Waals surface area contributed by atoms with Crippen LogP contribution < -0.4 is 10.7 Å². The van der Waals surface area contributed by atoms with Crippen LogP contribution in [0.3, 0.4) is 0 Å². The van der Waals surface area contributed by atoms with E-state index in [9.17, 15) is 18.0 Å². The molecule has 4 N–H and O–H groups in total. The van der Waals surface area contributed by atoms with Gasteiger partial charge in [0.05, 0.1) is 22.7 Å². The highest BCUT2D eigenvalue weighted by atomic mass is 19.4. The molecule has 0 fully saturated rings. The number of carbonyl (C=O) groups excluding carboxylic acids is 1. The lowest BCUT2D eigenvalue weighted by molar-refractivity contribution is -0.192. The van der Waals surface area contributed by atoms with E-state index in [0.717, 1.165) is 46.0 Å². The number of aliphatic carboxylic acids is 1. The van der Waals surface area contributed by atoms with Gasteiger partial charge in [-0.15, -0.1) is 0 Å². The van der Waals surface area contributed by atoms with Crippen LogP contribution in [-0.4, -0.2) is 45.4 Å². The molecule has 0 saturated heterocycles. The van der Waals surface area contributed by atoms with Crippen LogP contribution in [-0.2, 0) is 17.6 Å². The number of H-pyrrole nitrogens is 1. The molecule has 1 amide bonds. The Bertz CT molecular complexity index is 1470. The Hall–Kier alpha value is -4.93. The summed E-state index contributed by atoms with van der Waals surface area (Å²) in [6.07, 6.45) is -1.85. The Labute approximate surface area is 221 Å². The lowest BCUT2D eigenvalue weighted by atomic mass is 10.0. The van der Waals surface area contributed by atoms with Crippen molar-refractivity contribution >= 4 is 23.3 Å². The van der Waals surface area contributed by atoms with Crippen molar-refractivity contribution < 1.29 is 27.9 Å². The minimum Gasteiger partial charge on any atom is -0.475 e. The van der Waals surface area contributed by atoms with Crippen molar-refractivity contribution in [3.05, 3.63) is 108 Å². The molecule has 0 bridgehead atoms. The molecule has 0 atom stereocenters. The summed E-state index contributed by atoms with van der Waals surface area (Å²) in [6, 6.07) is 26.0. The largest absolute Gasteiger partial charge is 0.490 e. The van der Waals surface area contributed by atoms with Gasteiger partial charge in [-0.05, 0) is 35.9 Å². The number of halogens is 3. The maximum absolute atomic E-state index is 12.2. The number of benzene rings is 2. The third kappa shape index (κ3) is 7.31. The molecule has 1 aliphatic heterocycles. The molecule has 11 heteroatoms. The van der Waals surface area contributed by atoms with Crippen LogP contribution in [0.15, 0.2) is 90.2 Å². The van der Waals surface area contributed by atoms with Gasteiger partial charge in [0, 0.05) is 42.5 Å². The number of aromatic amines is 1. The second kappa shape index (κ2) is 12.1. The molecule has 3 heterocycles. The van der Waals surface area contributed by atoms with Crippen LogP contribution in [0.5, 0.6) is 0 Å². The number of hydrogen-bond donors (Lipinski definition) is 4. The Kier molecular flexibility index (Phi) is 8.40. The zero-order chi connectivity index (χ0) is 27.8. The van der Waals surface area contributed by atoms with Gasteiger partial charge in [0.2, 0.25) is 0 Å². The normalized spacial score (nSPS) is 13.0. The first-order valence-electron chi connectivity index (χ1n) is 11.9. The summed E-state index contributed by atoms with van der Waals surface area (Å²) in [5, 5.41) is 14.7. The topological polar surface area (TPSA) is 119 Å². The smallest absolute Gasteiger partial charge is 0.475 e. The standard InChI is InChI=1S/C26H23N5O.C2HF3O2/c32-26-21-17-23(29-22(21)12-14-28-26)19-11-13-27-24(16-19)25(15-18-7-3-1-4-8-18)31-30-20-9-5-2-6-10-20;3-2(4,5)1(6)7/h1-11,13,16-17,29-30H,12,14-15H2,(H,28,32);(H,6,7)/b31-25-;. The number of hydrazone groups is 1. The number of anilines is 1. The van der Waals surface area contributed by atoms with E-state index >= 15 is 0 Å². The zero-order valence-electron chi connectivity index (χ0n) is 20.5. The molecule has 39 heavy (non-hydrogen) atoms. The SMILES string of the molecule is O=C(O)C(F)(F)F.O=C1NCCc2[nH]c(-c3ccnc(/C(Cc4ccccc4)=N\Nc4ccccc4)c3)cc21. The third-order valence-electron chi connectivity index (χ3n) is 5.72. The van der Waals surface area contributed by atoms with E-state index in [1.54, 1.807) is 6.20 Å². The molecule has 2 aromatic heterocycles. The molecule has 200 valence electrons. The molecule has 0 aliphatic carbocycles. The molecule has 0 unspecified atom stereocenters. The fourth-order valence-electron chi connectivity index (χ4n) is 3.83. The highest BCUT2D eigenvalue weighted by Gasteiger charge is 2.38. The van der Waals surface area contributed by atoms with Crippen molar-refractivity contribution in [2.45, 2.75) is 19.0 Å². The number of rotatable bonds is 6. The average Bonchev–Trinajstić information content (AvgIpc) is 3.38. The second-order valence-corrected chi connectivity index (χ2v) is 8.51. The molecule has 2 aromatic carbocycles. The highest BCUT2D eigenvalue weighted by Crippen LogP contribution is 2.25. The van der Waals surface area contributed by atoms with Gasteiger partial charge in [-0.3, -0.25) is 15.2 Å². The molecule has 8 nitrogen and oxygen atoms in total. The van der Waals surface area contributed by atoms with Gasteiger partial charge in [0.1, 0.15) is 0 Å². The number of nitrogens with zero attached hydrogens (tertiary/aromatic N) is 2. The average molecular weight is 536 g/mol. The van der Waals surface area contributed by atoms with Gasteiger partial charge in [0.25, 0.3) is 5.91 Å². The molecule has 4 aromatic rings. The van der Waals surface area contributed by atoms with Crippen LogP contribution in [0.25, 0.3) is 11.3 Å². The van der Waals surface area contributed by atoms with Crippen LogP contribution >= 0.6 is 0 Å². The third-order valence-corrected chi connectivity index (χ3v) is 5.72. The lowest BCUT2D eigenvalue weighted by Crippen LogP contribution is -2.31. The van der Waals surface area contributed by atoms with E-state index in [1.807, 2.05) is 66.7 Å². The van der Waals surface area contributed by atoms with Gasteiger partial charge < -0.3 is 15.4 Å². The van der Waals surface area contributed by atoms with Crippen molar-refractivity contribution in [1.29, 1.82) is 0 Å². The van der Waals surface area contributed by atoms with E-state index in [0.29, 0.717) is 18.5 Å². The summed E-state index contributed by atoms with van der Waals surface area (Å²) in [7, 11) is 0. The maximum Gasteiger partial charge on any atom is 0.490 e. The Morgan fingerprint density at radius 2 is 1.69 bits per heavy atom. The minimum absolute atomic E-state index is 0.0265. The van der Waals surface area contributed by atoms with E-state index in [1.165, 1.54) is 0 Å². The van der Waals surface area contributed by atoms with Crippen LogP contribution in [0.2, 0.25) is 0 Å². The molecule has 0 spiro atoms. The van der Waals surface area contributed by atoms with E-state index in [2.05, 4.69) is 32.8 Å². The summed E-state index contributed by atoms with van der Waals surface area (Å²) in [4.78, 5) is 29.1. The molecule has 0 saturated carbocycles. The van der Waals surface area contributed by atoms with E-state index < -0.39 is 12.1 Å². The molecular weight excluding hydrogens is 511 g/mol. The monoisotopic (exact) mass is 535 g/mol. The van der Waals surface area contributed by atoms with Gasteiger partial charge in [-0.25, -0.2) is 4.79 Å². The zero-order valence-corrected chi connectivity index (χ0v) is 20.5. The van der Waals surface area contributed by atoms with Crippen LogP contribution in [0.1, 0.15) is 27.3 Å². The van der Waals surface area contributed by atoms with Crippen molar-refractivity contribution in [2.24, 2.45) is 5.10 Å². The van der Waals surface area contributed by atoms with Gasteiger partial charge in [-0.1, -0.05) is 48.5 Å². The molecule has 1 aliphatic rings. The van der Waals surface area contributed by atoms with E-state index in [4.69, 9.17) is 15.0 Å². The van der Waals surface area contributed by atoms with Gasteiger partial charge in [0.15, 0.2) is 0 Å². The molecule has 5 rings (SSSR count). The maximum atomic E-state index is 12.2. The number of aromatic nitrogens is 2. The molecular formula is C28H24F3N5O3. The quantitative estimate of drug-likeness (QED) is 0.203. The van der Waals surface area contributed by atoms with Crippen LogP contribution in [0.4, 0.5) is 18.9 Å². The van der Waals surface area contributed by atoms with Gasteiger partial charge >= 0.3 is 12.1 Å². The minimum atomic E-state index is -5.08.